The van der Waals surface area contributed by atoms with E-state index in [9.17, 15) is 14.7 Å². The molecule has 48 heavy (non-hydrogen) atoms. The normalized spacial score (nSPS) is 41.5. The second-order valence-electron chi connectivity index (χ2n) is 17.7. The lowest BCUT2D eigenvalue weighted by Gasteiger charge is -2.44. The van der Waals surface area contributed by atoms with E-state index in [0.29, 0.717) is 47.8 Å². The number of ketones is 2. The maximum absolute atomic E-state index is 14.4. The number of Topliss-reactive ketones (excluding diaryl/α,β-unsaturated/α-hetero) is 2. The van der Waals surface area contributed by atoms with Crippen LogP contribution in [0.3, 0.4) is 0 Å². The van der Waals surface area contributed by atoms with E-state index >= 15 is 0 Å². The second kappa shape index (κ2) is 16.8. The number of ether oxygens (including phenoxy) is 1. The van der Waals surface area contributed by atoms with Crippen LogP contribution in [0.4, 0.5) is 0 Å². The van der Waals surface area contributed by atoms with E-state index in [2.05, 4.69) is 24.1 Å². The third-order valence-corrected chi connectivity index (χ3v) is 14.7. The largest absolute Gasteiger partial charge is 0.390 e. The number of hydrogen-bond donors (Lipinski definition) is 3. The molecule has 6 nitrogen and oxygen atoms in total. The highest BCUT2D eigenvalue weighted by molar-refractivity contribution is 6.00. The van der Waals surface area contributed by atoms with E-state index in [0.717, 1.165) is 38.6 Å². The van der Waals surface area contributed by atoms with E-state index in [-0.39, 0.29) is 53.9 Å². The number of rotatable bonds is 7. The molecule has 6 rings (SSSR count). The van der Waals surface area contributed by atoms with Gasteiger partial charge in [0.05, 0.1) is 24.8 Å². The zero-order valence-corrected chi connectivity index (χ0v) is 30.4. The summed E-state index contributed by atoms with van der Waals surface area (Å²) in [6.07, 6.45) is 22.6. The van der Waals surface area contributed by atoms with Crippen molar-refractivity contribution in [3.05, 3.63) is 0 Å². The van der Waals surface area contributed by atoms with Crippen LogP contribution in [0.15, 0.2) is 0 Å². The third-order valence-electron chi connectivity index (χ3n) is 14.7. The highest BCUT2D eigenvalue weighted by Crippen LogP contribution is 2.55. The molecule has 1 heterocycles. The molecule has 6 heteroatoms. The number of carbonyl (C=O) groups excluding carboxylic acids is 2. The van der Waals surface area contributed by atoms with Crippen molar-refractivity contribution in [2.45, 2.75) is 167 Å². The van der Waals surface area contributed by atoms with Crippen molar-refractivity contribution in [1.82, 2.24) is 5.32 Å². The number of methoxy groups -OCH3 is 1. The van der Waals surface area contributed by atoms with Crippen molar-refractivity contribution < 1.29 is 19.4 Å². The molecule has 4 N–H and O–H groups in total. The Morgan fingerprint density at radius 1 is 0.896 bits per heavy atom. The SMILES string of the molecule is CCCC1(C2CC(CC3CCNC(N)C3)CC3C#CC(C4CCCCC4)C4CC(O)C(OC)CC4CCC(=O)CC(=O)C3C2)CCCC1. The summed E-state index contributed by atoms with van der Waals surface area (Å²) in [5.41, 5.74) is 6.75. The molecule has 0 spiro atoms. The van der Waals surface area contributed by atoms with Gasteiger partial charge in [0.1, 0.15) is 11.6 Å². The molecule has 11 unspecified atom stereocenters. The number of fused-ring (bicyclic) bond motifs is 2. The molecule has 1 saturated heterocycles. The van der Waals surface area contributed by atoms with Gasteiger partial charge in [0.25, 0.3) is 0 Å². The Balaban J connectivity index is 1.38. The van der Waals surface area contributed by atoms with Crippen molar-refractivity contribution in [2.24, 2.45) is 64.4 Å². The zero-order chi connectivity index (χ0) is 33.7. The molecular formula is C42H68N2O4. The Labute approximate surface area is 292 Å². The first kappa shape index (κ1) is 36.5. The lowest BCUT2D eigenvalue weighted by atomic mass is 9.63. The standard InChI is InChI=1S/C42H68N2O4/c1-3-16-42(17-7-8-18-42)33-22-29(20-28-15-19-44-41(43)23-28)21-31-12-14-35(30-9-5-4-6-10-30)36-27-39(47)40(48-2)24-32(36)11-13-34(45)26-38(46)37(31)25-33/h28-33,35-37,39-41,44,47H,3-11,13,15-27,43H2,1-2H3. The molecule has 0 amide bonds. The van der Waals surface area contributed by atoms with Gasteiger partial charge in [0, 0.05) is 31.3 Å². The molecule has 11 atom stereocenters. The van der Waals surface area contributed by atoms with Crippen molar-refractivity contribution in [3.8, 4) is 11.8 Å². The summed E-state index contributed by atoms with van der Waals surface area (Å²) in [4.78, 5) is 28.1. The topological polar surface area (TPSA) is 102 Å². The van der Waals surface area contributed by atoms with Crippen molar-refractivity contribution in [3.63, 3.8) is 0 Å². The summed E-state index contributed by atoms with van der Waals surface area (Å²) in [5, 5.41) is 14.7. The predicted octanol–water partition coefficient (Wildman–Crippen LogP) is 7.59. The van der Waals surface area contributed by atoms with Crippen LogP contribution < -0.4 is 11.1 Å². The monoisotopic (exact) mass is 665 g/mol. The van der Waals surface area contributed by atoms with Crippen LogP contribution in [-0.2, 0) is 14.3 Å². The highest BCUT2D eigenvalue weighted by atomic mass is 16.5. The summed E-state index contributed by atoms with van der Waals surface area (Å²) in [6, 6.07) is 0. The summed E-state index contributed by atoms with van der Waals surface area (Å²) >= 11 is 0. The van der Waals surface area contributed by atoms with Crippen LogP contribution in [0.1, 0.15) is 148 Å². The van der Waals surface area contributed by atoms with E-state index in [1.54, 1.807) is 7.11 Å². The molecule has 0 bridgehead atoms. The van der Waals surface area contributed by atoms with E-state index < -0.39 is 6.10 Å². The predicted molar refractivity (Wildman–Crippen MR) is 192 cm³/mol. The fourth-order valence-electron chi connectivity index (χ4n) is 12.3. The van der Waals surface area contributed by atoms with Crippen LogP contribution in [0.25, 0.3) is 0 Å². The van der Waals surface area contributed by atoms with Gasteiger partial charge in [-0.05, 0) is 137 Å². The van der Waals surface area contributed by atoms with Gasteiger partial charge in [-0.2, -0.15) is 0 Å². The average molecular weight is 665 g/mol. The first-order valence-electron chi connectivity index (χ1n) is 20.5. The Hall–Kier alpha value is -1.26. The average Bonchev–Trinajstić information content (AvgIpc) is 3.47. The first-order valence-corrected chi connectivity index (χ1v) is 20.5. The number of carbonyl (C=O) groups is 2. The van der Waals surface area contributed by atoms with Crippen molar-refractivity contribution >= 4 is 11.6 Å². The lowest BCUT2D eigenvalue weighted by Crippen LogP contribution is -2.44. The van der Waals surface area contributed by atoms with Gasteiger partial charge in [-0.3, -0.25) is 9.59 Å². The molecule has 0 aromatic carbocycles. The Morgan fingerprint density at radius 2 is 1.69 bits per heavy atom. The van der Waals surface area contributed by atoms with Gasteiger partial charge in [-0.1, -0.05) is 57.3 Å². The summed E-state index contributed by atoms with van der Waals surface area (Å²) < 4.78 is 5.76. The van der Waals surface area contributed by atoms with Crippen LogP contribution >= 0.6 is 0 Å². The van der Waals surface area contributed by atoms with Crippen LogP contribution in [0.5, 0.6) is 0 Å². The van der Waals surface area contributed by atoms with Crippen molar-refractivity contribution in [2.75, 3.05) is 13.7 Å². The lowest BCUT2D eigenvalue weighted by molar-refractivity contribution is -0.131. The summed E-state index contributed by atoms with van der Waals surface area (Å²) in [6.45, 7) is 3.34. The zero-order valence-electron chi connectivity index (χ0n) is 30.4. The van der Waals surface area contributed by atoms with Gasteiger partial charge in [-0.15, -0.1) is 0 Å². The maximum Gasteiger partial charge on any atom is 0.144 e. The number of aliphatic hydroxyl groups is 1. The molecule has 4 saturated carbocycles. The number of nitrogens with one attached hydrogen (secondary N) is 1. The van der Waals surface area contributed by atoms with Crippen molar-refractivity contribution in [1.29, 1.82) is 0 Å². The van der Waals surface area contributed by atoms with E-state index in [1.807, 2.05) is 0 Å². The molecule has 6 aliphatic rings. The first-order chi connectivity index (χ1) is 23.3. The summed E-state index contributed by atoms with van der Waals surface area (Å²) in [7, 11) is 1.70. The quantitative estimate of drug-likeness (QED) is 0.192. The van der Waals surface area contributed by atoms with E-state index in [4.69, 9.17) is 10.5 Å². The number of aliphatic hydroxyl groups excluding tert-OH is 1. The third kappa shape index (κ3) is 8.60. The van der Waals surface area contributed by atoms with Gasteiger partial charge in [-0.25, -0.2) is 0 Å². The van der Waals surface area contributed by atoms with Gasteiger partial charge >= 0.3 is 0 Å². The van der Waals surface area contributed by atoms with Gasteiger partial charge in [0.2, 0.25) is 0 Å². The Bertz CT molecular complexity index is 1130. The fourth-order valence-corrected chi connectivity index (χ4v) is 12.3. The Kier molecular flexibility index (Phi) is 12.8. The van der Waals surface area contributed by atoms with E-state index in [1.165, 1.54) is 89.9 Å². The molecule has 5 fully saturated rings. The van der Waals surface area contributed by atoms with Crippen LogP contribution in [-0.4, -0.2) is 48.7 Å². The summed E-state index contributed by atoms with van der Waals surface area (Å²) in [5.74, 6) is 11.1. The molecule has 5 aliphatic carbocycles. The van der Waals surface area contributed by atoms with Crippen LogP contribution in [0, 0.1) is 70.5 Å². The van der Waals surface area contributed by atoms with Gasteiger partial charge in [0.15, 0.2) is 0 Å². The smallest absolute Gasteiger partial charge is 0.144 e. The number of piperidine rings is 1. The van der Waals surface area contributed by atoms with Gasteiger partial charge < -0.3 is 20.9 Å². The number of nitrogens with two attached hydrogens (primary N) is 1. The minimum absolute atomic E-state index is 0.0139. The fraction of sp³-hybridized carbons (Fsp3) is 0.905. The molecule has 0 aromatic heterocycles. The molecular weight excluding hydrogens is 596 g/mol. The highest BCUT2D eigenvalue weighted by Gasteiger charge is 2.48. The van der Waals surface area contributed by atoms with Crippen LogP contribution in [0.2, 0.25) is 0 Å². The molecule has 1 aliphatic heterocycles. The second-order valence-corrected chi connectivity index (χ2v) is 17.7. The maximum atomic E-state index is 14.4. The Morgan fingerprint density at radius 3 is 2.42 bits per heavy atom. The number of hydrogen-bond acceptors (Lipinski definition) is 6. The minimum atomic E-state index is -0.484. The molecule has 270 valence electrons. The molecule has 0 aromatic rings. The molecule has 0 radical (unpaired) electrons. The minimum Gasteiger partial charge on any atom is -0.390 e.